The van der Waals surface area contributed by atoms with Crippen LogP contribution >= 0.6 is 0 Å². The smallest absolute Gasteiger partial charge is 0.0571 e. The Bertz CT molecular complexity index is 397. The molecule has 0 amide bonds. The molecule has 1 nitrogen and oxygen atoms in total. The summed E-state index contributed by atoms with van der Waals surface area (Å²) in [5.74, 6) is 0.503. The first-order valence-corrected chi connectivity index (χ1v) is 7.11. The molecule has 0 heterocycles. The van der Waals surface area contributed by atoms with Crippen LogP contribution in [0.2, 0.25) is 0 Å². The van der Waals surface area contributed by atoms with Crippen molar-refractivity contribution >= 4 is 0 Å². The molecule has 1 fully saturated rings. The number of benzene rings is 1. The largest absolute Gasteiger partial charge is 0.393 e. The third-order valence-electron chi connectivity index (χ3n) is 4.53. The molecule has 2 atom stereocenters. The third kappa shape index (κ3) is 2.40. The fraction of sp³-hybridized carbons (Fsp3) is 0.625. The lowest BCUT2D eigenvalue weighted by atomic mass is 9.82. The summed E-state index contributed by atoms with van der Waals surface area (Å²) in [6.07, 6.45) is 9.59. The molecule has 2 unspecified atom stereocenters. The molecule has 1 heteroatoms. The highest BCUT2D eigenvalue weighted by molar-refractivity contribution is 5.35. The maximum Gasteiger partial charge on any atom is 0.0571 e. The number of fused-ring (bicyclic) bond motifs is 1. The quantitative estimate of drug-likeness (QED) is 0.826. The van der Waals surface area contributed by atoms with Gasteiger partial charge in [0.05, 0.1) is 6.10 Å². The van der Waals surface area contributed by atoms with E-state index in [1.807, 2.05) is 0 Å². The zero-order valence-corrected chi connectivity index (χ0v) is 10.5. The fourth-order valence-electron chi connectivity index (χ4n) is 3.48. The van der Waals surface area contributed by atoms with Gasteiger partial charge in [-0.05, 0) is 61.1 Å². The van der Waals surface area contributed by atoms with Gasteiger partial charge in [0.15, 0.2) is 0 Å². The van der Waals surface area contributed by atoms with Crippen molar-refractivity contribution in [1.82, 2.24) is 0 Å². The van der Waals surface area contributed by atoms with E-state index in [1.54, 1.807) is 11.1 Å². The average Bonchev–Trinajstić information content (AvgIpc) is 2.79. The van der Waals surface area contributed by atoms with Gasteiger partial charge in [-0.15, -0.1) is 0 Å². The van der Waals surface area contributed by atoms with Crippen molar-refractivity contribution in [3.8, 4) is 0 Å². The molecule has 92 valence electrons. The van der Waals surface area contributed by atoms with Gasteiger partial charge in [-0.3, -0.25) is 0 Å². The topological polar surface area (TPSA) is 20.2 Å². The molecule has 0 aliphatic heterocycles. The molecule has 3 rings (SSSR count). The Morgan fingerprint density at radius 3 is 2.71 bits per heavy atom. The Labute approximate surface area is 104 Å². The molecule has 2 aliphatic carbocycles. The average molecular weight is 230 g/mol. The molecule has 17 heavy (non-hydrogen) atoms. The van der Waals surface area contributed by atoms with E-state index in [1.165, 1.54) is 44.1 Å². The molecule has 0 aromatic heterocycles. The van der Waals surface area contributed by atoms with Gasteiger partial charge in [-0.2, -0.15) is 0 Å². The zero-order valence-electron chi connectivity index (χ0n) is 10.5. The second-order valence-corrected chi connectivity index (χ2v) is 5.77. The fourth-order valence-corrected chi connectivity index (χ4v) is 3.48. The summed E-state index contributed by atoms with van der Waals surface area (Å²) in [5.41, 5.74) is 4.56. The second-order valence-electron chi connectivity index (χ2n) is 5.77. The number of aliphatic hydroxyl groups excluding tert-OH is 1. The van der Waals surface area contributed by atoms with Crippen molar-refractivity contribution in [3.05, 3.63) is 34.9 Å². The maximum atomic E-state index is 10.0. The summed E-state index contributed by atoms with van der Waals surface area (Å²) in [6, 6.07) is 6.99. The summed E-state index contributed by atoms with van der Waals surface area (Å²) in [6.45, 7) is 0. The Hall–Kier alpha value is -0.820. The van der Waals surface area contributed by atoms with Crippen molar-refractivity contribution in [2.24, 2.45) is 5.92 Å². The number of aryl methyl sites for hydroxylation is 2. The lowest BCUT2D eigenvalue weighted by Gasteiger charge is -2.27. The van der Waals surface area contributed by atoms with Crippen LogP contribution in [0.5, 0.6) is 0 Å². The second kappa shape index (κ2) is 4.81. The molecular formula is C16H22O. The van der Waals surface area contributed by atoms with E-state index in [-0.39, 0.29) is 6.10 Å². The number of hydrogen-bond donors (Lipinski definition) is 1. The third-order valence-corrected chi connectivity index (χ3v) is 4.53. The molecule has 0 radical (unpaired) electrons. The van der Waals surface area contributed by atoms with E-state index >= 15 is 0 Å². The monoisotopic (exact) mass is 230 g/mol. The van der Waals surface area contributed by atoms with Crippen molar-refractivity contribution in [3.63, 3.8) is 0 Å². The minimum atomic E-state index is -0.0583. The van der Waals surface area contributed by atoms with E-state index in [4.69, 9.17) is 0 Å². The molecule has 0 saturated heterocycles. The van der Waals surface area contributed by atoms with E-state index in [2.05, 4.69) is 18.2 Å². The van der Waals surface area contributed by atoms with Crippen LogP contribution in [0.4, 0.5) is 0 Å². The predicted molar refractivity (Wildman–Crippen MR) is 70.1 cm³/mol. The zero-order chi connectivity index (χ0) is 11.7. The lowest BCUT2D eigenvalue weighted by Crippen LogP contribution is -2.26. The van der Waals surface area contributed by atoms with Crippen LogP contribution in [0.25, 0.3) is 0 Å². The van der Waals surface area contributed by atoms with E-state index in [9.17, 15) is 5.11 Å². The summed E-state index contributed by atoms with van der Waals surface area (Å²) in [7, 11) is 0. The van der Waals surface area contributed by atoms with Gasteiger partial charge in [0.25, 0.3) is 0 Å². The highest BCUT2D eigenvalue weighted by Gasteiger charge is 2.23. The SMILES string of the molecule is OC1CCCCC1Cc1ccc2c(c1)CCC2. The van der Waals surface area contributed by atoms with Crippen molar-refractivity contribution in [2.75, 3.05) is 0 Å². The molecular weight excluding hydrogens is 208 g/mol. The first-order chi connectivity index (χ1) is 8.33. The van der Waals surface area contributed by atoms with Crippen LogP contribution in [-0.4, -0.2) is 11.2 Å². The maximum absolute atomic E-state index is 10.0. The standard InChI is InChI=1S/C16H22O/c17-16-7-2-1-4-15(16)11-12-8-9-13-5-3-6-14(13)10-12/h8-10,15-17H,1-7,11H2. The minimum absolute atomic E-state index is 0.0583. The molecule has 1 saturated carbocycles. The van der Waals surface area contributed by atoms with Gasteiger partial charge in [-0.1, -0.05) is 31.0 Å². The van der Waals surface area contributed by atoms with Gasteiger partial charge < -0.3 is 5.11 Å². The van der Waals surface area contributed by atoms with Crippen LogP contribution < -0.4 is 0 Å². The van der Waals surface area contributed by atoms with Crippen LogP contribution in [0.15, 0.2) is 18.2 Å². The molecule has 2 aliphatic rings. The lowest BCUT2D eigenvalue weighted by molar-refractivity contribution is 0.0700. The summed E-state index contributed by atoms with van der Waals surface area (Å²) in [5, 5.41) is 10.0. The summed E-state index contributed by atoms with van der Waals surface area (Å²) >= 11 is 0. The predicted octanol–water partition coefficient (Wildman–Crippen LogP) is 3.27. The van der Waals surface area contributed by atoms with Crippen molar-refractivity contribution in [1.29, 1.82) is 0 Å². The van der Waals surface area contributed by atoms with Crippen LogP contribution in [0.1, 0.15) is 48.8 Å². The van der Waals surface area contributed by atoms with Crippen molar-refractivity contribution < 1.29 is 5.11 Å². The molecule has 1 aromatic carbocycles. The Morgan fingerprint density at radius 2 is 1.82 bits per heavy atom. The minimum Gasteiger partial charge on any atom is -0.393 e. The normalized spacial score (nSPS) is 28.1. The first kappa shape index (κ1) is 11.3. The number of rotatable bonds is 2. The van der Waals surface area contributed by atoms with Crippen molar-refractivity contribution in [2.45, 2.75) is 57.5 Å². The highest BCUT2D eigenvalue weighted by atomic mass is 16.3. The number of hydrogen-bond acceptors (Lipinski definition) is 1. The highest BCUT2D eigenvalue weighted by Crippen LogP contribution is 2.29. The van der Waals surface area contributed by atoms with Gasteiger partial charge in [0, 0.05) is 0 Å². The molecule has 1 aromatic rings. The van der Waals surface area contributed by atoms with Gasteiger partial charge >= 0.3 is 0 Å². The summed E-state index contributed by atoms with van der Waals surface area (Å²) < 4.78 is 0. The number of aliphatic hydroxyl groups is 1. The van der Waals surface area contributed by atoms with Gasteiger partial charge in [0.2, 0.25) is 0 Å². The van der Waals surface area contributed by atoms with E-state index in [0.29, 0.717) is 5.92 Å². The van der Waals surface area contributed by atoms with Gasteiger partial charge in [0.1, 0.15) is 0 Å². The molecule has 0 spiro atoms. The van der Waals surface area contributed by atoms with Gasteiger partial charge in [-0.25, -0.2) is 0 Å². The molecule has 1 N–H and O–H groups in total. The summed E-state index contributed by atoms with van der Waals surface area (Å²) in [4.78, 5) is 0. The Morgan fingerprint density at radius 1 is 1.00 bits per heavy atom. The first-order valence-electron chi connectivity index (χ1n) is 7.11. The van der Waals surface area contributed by atoms with Crippen LogP contribution in [0.3, 0.4) is 0 Å². The Kier molecular flexibility index (Phi) is 3.19. The Balaban J connectivity index is 1.72. The molecule has 0 bridgehead atoms. The van der Waals surface area contributed by atoms with E-state index in [0.717, 1.165) is 12.8 Å². The van der Waals surface area contributed by atoms with Crippen LogP contribution in [-0.2, 0) is 19.3 Å². The van der Waals surface area contributed by atoms with E-state index < -0.39 is 0 Å². The van der Waals surface area contributed by atoms with Crippen LogP contribution in [0, 0.1) is 5.92 Å².